The van der Waals surface area contributed by atoms with Crippen LogP contribution >= 0.6 is 0 Å². The third kappa shape index (κ3) is 2.89. The van der Waals surface area contributed by atoms with Gasteiger partial charge in [-0.25, -0.2) is 9.78 Å². The second kappa shape index (κ2) is 6.15. The fourth-order valence-electron chi connectivity index (χ4n) is 3.77. The highest BCUT2D eigenvalue weighted by molar-refractivity contribution is 6.07. The normalized spacial score (nSPS) is 19.8. The van der Waals surface area contributed by atoms with E-state index in [4.69, 9.17) is 0 Å². The van der Waals surface area contributed by atoms with Crippen LogP contribution in [-0.4, -0.2) is 52.0 Å². The summed E-state index contributed by atoms with van der Waals surface area (Å²) in [5, 5.41) is 6.15. The van der Waals surface area contributed by atoms with Crippen molar-refractivity contribution in [3.05, 3.63) is 29.6 Å². The highest BCUT2D eigenvalue weighted by atomic mass is 16.2. The van der Waals surface area contributed by atoms with E-state index >= 15 is 0 Å². The summed E-state index contributed by atoms with van der Waals surface area (Å²) in [5.41, 5.74) is 2.48. The molecule has 0 radical (unpaired) electrons. The number of carbonyl (C=O) groups is 2. The molecule has 0 atom stereocenters. The zero-order valence-electron chi connectivity index (χ0n) is 14.4. The maximum Gasteiger partial charge on any atom is 0.325 e. The van der Waals surface area contributed by atoms with Gasteiger partial charge in [0.05, 0.1) is 11.0 Å². The van der Waals surface area contributed by atoms with Crippen molar-refractivity contribution in [1.82, 2.24) is 25.5 Å². The minimum absolute atomic E-state index is 0.0702. The van der Waals surface area contributed by atoms with Crippen molar-refractivity contribution in [3.63, 3.8) is 0 Å². The molecule has 7 nitrogen and oxygen atoms in total. The van der Waals surface area contributed by atoms with Gasteiger partial charge in [-0.3, -0.25) is 9.69 Å². The molecule has 1 aromatic heterocycles. The Hall–Kier alpha value is -2.41. The van der Waals surface area contributed by atoms with E-state index < -0.39 is 5.54 Å². The largest absolute Gasteiger partial charge is 0.342 e. The van der Waals surface area contributed by atoms with Crippen LogP contribution in [0.25, 0.3) is 11.0 Å². The number of aromatic nitrogens is 2. The summed E-state index contributed by atoms with van der Waals surface area (Å²) >= 11 is 0. The number of hydrogen-bond acceptors (Lipinski definition) is 4. The first-order valence-electron chi connectivity index (χ1n) is 8.87. The number of benzene rings is 1. The van der Waals surface area contributed by atoms with Crippen molar-refractivity contribution in [1.29, 1.82) is 0 Å². The lowest BCUT2D eigenvalue weighted by molar-refractivity contribution is -0.132. The Labute approximate surface area is 146 Å². The third-order valence-electron chi connectivity index (χ3n) is 5.18. The molecule has 0 saturated carbocycles. The number of carbonyl (C=O) groups excluding carboxylic acids is 2. The molecule has 3 N–H and O–H groups in total. The van der Waals surface area contributed by atoms with Crippen LogP contribution in [0.2, 0.25) is 0 Å². The maximum atomic E-state index is 12.7. The number of aryl methyl sites for hydroxylation is 2. The molecular weight excluding hydrogens is 318 g/mol. The van der Waals surface area contributed by atoms with Gasteiger partial charge in [0, 0.05) is 13.0 Å². The summed E-state index contributed by atoms with van der Waals surface area (Å²) in [6.45, 7) is 4.00. The van der Waals surface area contributed by atoms with Gasteiger partial charge in [0.1, 0.15) is 11.4 Å². The van der Waals surface area contributed by atoms with E-state index in [0.717, 1.165) is 29.9 Å². The van der Waals surface area contributed by atoms with Gasteiger partial charge in [-0.1, -0.05) is 6.07 Å². The molecule has 25 heavy (non-hydrogen) atoms. The number of imide groups is 1. The lowest BCUT2D eigenvalue weighted by atomic mass is 9.88. The average molecular weight is 341 g/mol. The Kier molecular flexibility index (Phi) is 3.95. The molecule has 2 aliphatic heterocycles. The number of H-pyrrole nitrogens is 1. The highest BCUT2D eigenvalue weighted by Crippen LogP contribution is 2.27. The molecule has 132 valence electrons. The number of fused-ring (bicyclic) bond motifs is 1. The molecule has 2 aromatic rings. The number of imidazole rings is 1. The standard InChI is InChI=1S/C18H23N5O2/c1-12-4-5-13-14(11-12)21-15(20-13)3-2-10-23-16(24)18(22-17(23)25)6-8-19-9-7-18/h4-5,11,19H,2-3,6-10H2,1H3,(H,20,21)(H,22,25). The summed E-state index contributed by atoms with van der Waals surface area (Å²) in [6.07, 6.45) is 2.74. The smallest absolute Gasteiger partial charge is 0.325 e. The number of urea groups is 1. The molecule has 4 rings (SSSR count). The number of nitrogens with one attached hydrogen (secondary N) is 3. The molecule has 3 heterocycles. The van der Waals surface area contributed by atoms with Crippen LogP contribution in [0, 0.1) is 6.92 Å². The summed E-state index contributed by atoms with van der Waals surface area (Å²) in [5.74, 6) is 0.823. The Balaban J connectivity index is 1.39. The zero-order valence-corrected chi connectivity index (χ0v) is 14.4. The van der Waals surface area contributed by atoms with Crippen LogP contribution in [0.3, 0.4) is 0 Å². The minimum Gasteiger partial charge on any atom is -0.342 e. The van der Waals surface area contributed by atoms with Crippen LogP contribution in [0.15, 0.2) is 18.2 Å². The van der Waals surface area contributed by atoms with Crippen LogP contribution < -0.4 is 10.6 Å². The van der Waals surface area contributed by atoms with Gasteiger partial charge in [0.2, 0.25) is 0 Å². The van der Waals surface area contributed by atoms with E-state index in [-0.39, 0.29) is 11.9 Å². The quantitative estimate of drug-likeness (QED) is 0.735. The SMILES string of the molecule is Cc1ccc2nc(CCCN3C(=O)NC4(CCNCC4)C3=O)[nH]c2c1. The van der Waals surface area contributed by atoms with Crippen LogP contribution in [0.1, 0.15) is 30.7 Å². The zero-order chi connectivity index (χ0) is 17.4. The van der Waals surface area contributed by atoms with E-state index in [1.165, 1.54) is 10.5 Å². The Morgan fingerprint density at radius 3 is 2.84 bits per heavy atom. The van der Waals surface area contributed by atoms with E-state index in [9.17, 15) is 9.59 Å². The monoisotopic (exact) mass is 341 g/mol. The van der Waals surface area contributed by atoms with Crippen LogP contribution in [0.4, 0.5) is 4.79 Å². The molecule has 1 spiro atoms. The predicted octanol–water partition coefficient (Wildman–Crippen LogP) is 1.48. The van der Waals surface area contributed by atoms with Gasteiger partial charge in [-0.15, -0.1) is 0 Å². The first kappa shape index (κ1) is 16.1. The first-order valence-corrected chi connectivity index (χ1v) is 8.87. The molecule has 1 aromatic carbocycles. The van der Waals surface area contributed by atoms with Gasteiger partial charge < -0.3 is 15.6 Å². The molecule has 7 heteroatoms. The molecule has 0 bridgehead atoms. The Morgan fingerprint density at radius 1 is 1.24 bits per heavy atom. The summed E-state index contributed by atoms with van der Waals surface area (Å²) in [4.78, 5) is 34.2. The minimum atomic E-state index is -0.681. The Bertz CT molecular complexity index is 822. The number of piperidine rings is 1. The van der Waals surface area contributed by atoms with Gasteiger partial charge in [-0.05, 0) is 57.0 Å². The number of nitrogens with zero attached hydrogens (tertiary/aromatic N) is 2. The summed E-state index contributed by atoms with van der Waals surface area (Å²) in [6, 6.07) is 5.86. The predicted molar refractivity (Wildman–Crippen MR) is 94.2 cm³/mol. The molecule has 2 aliphatic rings. The molecule has 2 fully saturated rings. The number of aromatic amines is 1. The van der Waals surface area contributed by atoms with E-state index in [1.54, 1.807) is 0 Å². The lowest BCUT2D eigenvalue weighted by Crippen LogP contribution is -2.53. The van der Waals surface area contributed by atoms with Crippen molar-refractivity contribution < 1.29 is 9.59 Å². The van der Waals surface area contributed by atoms with Crippen molar-refractivity contribution >= 4 is 23.0 Å². The van der Waals surface area contributed by atoms with Gasteiger partial charge in [0.25, 0.3) is 5.91 Å². The van der Waals surface area contributed by atoms with Crippen molar-refractivity contribution in [2.24, 2.45) is 0 Å². The molecule has 0 aliphatic carbocycles. The summed E-state index contributed by atoms with van der Waals surface area (Å²) < 4.78 is 0. The van der Waals surface area contributed by atoms with Gasteiger partial charge in [0.15, 0.2) is 0 Å². The van der Waals surface area contributed by atoms with Crippen molar-refractivity contribution in [2.75, 3.05) is 19.6 Å². The van der Waals surface area contributed by atoms with Gasteiger partial charge >= 0.3 is 6.03 Å². The van der Waals surface area contributed by atoms with E-state index in [2.05, 4.69) is 26.7 Å². The second-order valence-electron chi connectivity index (χ2n) is 7.03. The highest BCUT2D eigenvalue weighted by Gasteiger charge is 2.50. The van der Waals surface area contributed by atoms with E-state index in [1.807, 2.05) is 19.1 Å². The molecule has 2 saturated heterocycles. The maximum absolute atomic E-state index is 12.7. The molecular formula is C18H23N5O2. The third-order valence-corrected chi connectivity index (χ3v) is 5.18. The average Bonchev–Trinajstić information content (AvgIpc) is 3.09. The second-order valence-corrected chi connectivity index (χ2v) is 7.03. The van der Waals surface area contributed by atoms with Crippen LogP contribution in [0.5, 0.6) is 0 Å². The van der Waals surface area contributed by atoms with Crippen LogP contribution in [-0.2, 0) is 11.2 Å². The fraction of sp³-hybridized carbons (Fsp3) is 0.500. The molecule has 0 unspecified atom stereocenters. The lowest BCUT2D eigenvalue weighted by Gasteiger charge is -2.31. The van der Waals surface area contributed by atoms with E-state index in [0.29, 0.717) is 32.2 Å². The fourth-order valence-corrected chi connectivity index (χ4v) is 3.77. The molecule has 3 amide bonds. The topological polar surface area (TPSA) is 90.1 Å². The van der Waals surface area contributed by atoms with Gasteiger partial charge in [-0.2, -0.15) is 0 Å². The summed E-state index contributed by atoms with van der Waals surface area (Å²) in [7, 11) is 0. The Morgan fingerprint density at radius 2 is 2.04 bits per heavy atom. The van der Waals surface area contributed by atoms with Crippen molar-refractivity contribution in [3.8, 4) is 0 Å². The first-order chi connectivity index (χ1) is 12.1. The number of rotatable bonds is 4. The number of hydrogen-bond donors (Lipinski definition) is 3. The number of amides is 3. The van der Waals surface area contributed by atoms with Crippen molar-refractivity contribution in [2.45, 2.75) is 38.1 Å².